The van der Waals surface area contributed by atoms with Gasteiger partial charge in [-0.3, -0.25) is 4.90 Å². The maximum Gasteiger partial charge on any atom is 0.328 e. The Morgan fingerprint density at radius 2 is 2.00 bits per heavy atom. The van der Waals surface area contributed by atoms with Gasteiger partial charge in [0.25, 0.3) is 0 Å². The van der Waals surface area contributed by atoms with Crippen LogP contribution in [0.25, 0.3) is 0 Å². The minimum absolute atomic E-state index is 0.827. The van der Waals surface area contributed by atoms with Crippen LogP contribution in [0.1, 0.15) is 26.2 Å². The normalized spacial score (nSPS) is 31.9. The molecule has 2 fully saturated rings. The molecule has 0 radical (unpaired) electrons. The largest absolute Gasteiger partial charge is 0.478 e. The molecule has 84 valence electrons. The Labute approximate surface area is 90.8 Å². The Balaban J connectivity index is 1.84. The minimum atomic E-state index is -0.827. The second kappa shape index (κ2) is 4.35. The number of fused-ring (bicyclic) bond motifs is 1. The molecule has 1 saturated heterocycles. The smallest absolute Gasteiger partial charge is 0.328 e. The zero-order valence-corrected chi connectivity index (χ0v) is 9.28. The number of carboxylic acids is 1. The minimum Gasteiger partial charge on any atom is -0.478 e. The molecule has 0 aromatic heterocycles. The van der Waals surface area contributed by atoms with Gasteiger partial charge in [-0.2, -0.15) is 0 Å². The van der Waals surface area contributed by atoms with Crippen LogP contribution in [0.15, 0.2) is 11.6 Å². The van der Waals surface area contributed by atoms with E-state index in [0.717, 1.165) is 24.0 Å². The van der Waals surface area contributed by atoms with E-state index in [1.807, 2.05) is 6.92 Å². The van der Waals surface area contributed by atoms with Crippen molar-refractivity contribution in [3.63, 3.8) is 0 Å². The van der Waals surface area contributed by atoms with Crippen molar-refractivity contribution in [3.8, 4) is 0 Å². The number of nitrogens with zero attached hydrogens (tertiary/aromatic N) is 1. The highest BCUT2D eigenvalue weighted by molar-refractivity contribution is 5.80. The zero-order chi connectivity index (χ0) is 10.8. The van der Waals surface area contributed by atoms with Crippen LogP contribution in [0.2, 0.25) is 0 Å². The van der Waals surface area contributed by atoms with Gasteiger partial charge in [0.2, 0.25) is 0 Å². The van der Waals surface area contributed by atoms with Crippen LogP contribution in [0.3, 0.4) is 0 Å². The molecule has 0 aromatic rings. The van der Waals surface area contributed by atoms with Crippen LogP contribution in [0.4, 0.5) is 0 Å². The van der Waals surface area contributed by atoms with E-state index in [9.17, 15) is 4.79 Å². The number of hydrogen-bond donors (Lipinski definition) is 1. The Kier molecular flexibility index (Phi) is 3.10. The SMILES string of the molecule is C/C(=C\C(=O)O)CN1CC2CCCC2C1. The van der Waals surface area contributed by atoms with Gasteiger partial charge < -0.3 is 5.11 Å². The average molecular weight is 209 g/mol. The van der Waals surface area contributed by atoms with Crippen molar-refractivity contribution in [2.75, 3.05) is 19.6 Å². The molecule has 0 bridgehead atoms. The van der Waals surface area contributed by atoms with Crippen LogP contribution < -0.4 is 0 Å². The maximum atomic E-state index is 10.5. The summed E-state index contributed by atoms with van der Waals surface area (Å²) >= 11 is 0. The Bertz CT molecular complexity index is 273. The van der Waals surface area contributed by atoms with Crippen molar-refractivity contribution in [1.29, 1.82) is 0 Å². The second-order valence-corrected chi connectivity index (χ2v) is 4.97. The van der Waals surface area contributed by atoms with E-state index in [4.69, 9.17) is 5.11 Å². The third-order valence-electron chi connectivity index (χ3n) is 3.64. The van der Waals surface area contributed by atoms with E-state index in [2.05, 4.69) is 4.90 Å². The topological polar surface area (TPSA) is 40.5 Å². The van der Waals surface area contributed by atoms with E-state index in [1.165, 1.54) is 38.4 Å². The second-order valence-electron chi connectivity index (χ2n) is 4.97. The molecule has 2 aliphatic rings. The maximum absolute atomic E-state index is 10.5. The van der Waals surface area contributed by atoms with Gasteiger partial charge in [-0.05, 0) is 31.6 Å². The van der Waals surface area contributed by atoms with Gasteiger partial charge in [0.15, 0.2) is 0 Å². The summed E-state index contributed by atoms with van der Waals surface area (Å²) in [6.45, 7) is 5.09. The number of likely N-dealkylation sites (tertiary alicyclic amines) is 1. The first kappa shape index (κ1) is 10.7. The molecule has 2 atom stereocenters. The first-order chi connectivity index (χ1) is 7.15. The zero-order valence-electron chi connectivity index (χ0n) is 9.28. The molecule has 0 aromatic carbocycles. The van der Waals surface area contributed by atoms with Crippen LogP contribution in [0, 0.1) is 11.8 Å². The number of rotatable bonds is 3. The number of hydrogen-bond acceptors (Lipinski definition) is 2. The summed E-state index contributed by atoms with van der Waals surface area (Å²) in [4.78, 5) is 12.9. The van der Waals surface area contributed by atoms with E-state index < -0.39 is 5.97 Å². The summed E-state index contributed by atoms with van der Waals surface area (Å²) < 4.78 is 0. The van der Waals surface area contributed by atoms with Crippen LogP contribution in [0.5, 0.6) is 0 Å². The van der Waals surface area contributed by atoms with Gasteiger partial charge in [-0.15, -0.1) is 0 Å². The van der Waals surface area contributed by atoms with Crippen molar-refractivity contribution in [2.45, 2.75) is 26.2 Å². The van der Waals surface area contributed by atoms with Gasteiger partial charge in [0.05, 0.1) is 0 Å². The molecule has 3 nitrogen and oxygen atoms in total. The van der Waals surface area contributed by atoms with Crippen LogP contribution in [-0.4, -0.2) is 35.6 Å². The lowest BCUT2D eigenvalue weighted by Gasteiger charge is -2.16. The molecule has 1 saturated carbocycles. The molecule has 1 aliphatic heterocycles. The molecule has 2 rings (SSSR count). The van der Waals surface area contributed by atoms with Gasteiger partial charge >= 0.3 is 5.97 Å². The lowest BCUT2D eigenvalue weighted by Crippen LogP contribution is -2.23. The van der Waals surface area contributed by atoms with Crippen molar-refractivity contribution < 1.29 is 9.90 Å². The third-order valence-corrected chi connectivity index (χ3v) is 3.64. The lowest BCUT2D eigenvalue weighted by atomic mass is 10.0. The van der Waals surface area contributed by atoms with Gasteiger partial charge in [0.1, 0.15) is 0 Å². The van der Waals surface area contributed by atoms with E-state index in [0.29, 0.717) is 0 Å². The van der Waals surface area contributed by atoms with Crippen molar-refractivity contribution in [3.05, 3.63) is 11.6 Å². The highest BCUT2D eigenvalue weighted by Gasteiger charge is 2.35. The average Bonchev–Trinajstić information content (AvgIpc) is 2.60. The molecule has 1 N–H and O–H groups in total. The Morgan fingerprint density at radius 3 is 2.53 bits per heavy atom. The van der Waals surface area contributed by atoms with Gasteiger partial charge in [0, 0.05) is 25.7 Å². The predicted octanol–water partition coefficient (Wildman–Crippen LogP) is 1.75. The summed E-state index contributed by atoms with van der Waals surface area (Å²) in [5.41, 5.74) is 0.961. The summed E-state index contributed by atoms with van der Waals surface area (Å²) in [6.07, 6.45) is 5.48. The van der Waals surface area contributed by atoms with E-state index in [-0.39, 0.29) is 0 Å². The Hall–Kier alpha value is -0.830. The van der Waals surface area contributed by atoms with Crippen LogP contribution >= 0.6 is 0 Å². The molecule has 15 heavy (non-hydrogen) atoms. The van der Waals surface area contributed by atoms with Crippen LogP contribution in [-0.2, 0) is 4.79 Å². The lowest BCUT2D eigenvalue weighted by molar-refractivity contribution is -0.131. The summed E-state index contributed by atoms with van der Waals surface area (Å²) in [6, 6.07) is 0. The monoisotopic (exact) mass is 209 g/mol. The fraction of sp³-hybridized carbons (Fsp3) is 0.750. The van der Waals surface area contributed by atoms with E-state index >= 15 is 0 Å². The summed E-state index contributed by atoms with van der Waals surface area (Å²) in [5, 5.41) is 8.62. The number of carbonyl (C=O) groups is 1. The van der Waals surface area contributed by atoms with Crippen molar-refractivity contribution in [2.24, 2.45) is 11.8 Å². The molecule has 3 heteroatoms. The van der Waals surface area contributed by atoms with Crippen molar-refractivity contribution >= 4 is 5.97 Å². The Morgan fingerprint density at radius 1 is 1.40 bits per heavy atom. The molecule has 1 heterocycles. The van der Waals surface area contributed by atoms with Gasteiger partial charge in [-0.1, -0.05) is 12.0 Å². The first-order valence-corrected chi connectivity index (χ1v) is 5.77. The highest BCUT2D eigenvalue weighted by Crippen LogP contribution is 2.37. The first-order valence-electron chi connectivity index (χ1n) is 5.77. The number of carboxylic acid groups (broad SMARTS) is 1. The molecule has 0 spiro atoms. The molecule has 0 amide bonds. The fourth-order valence-electron chi connectivity index (χ4n) is 3.07. The highest BCUT2D eigenvalue weighted by atomic mass is 16.4. The molecular weight excluding hydrogens is 190 g/mol. The van der Waals surface area contributed by atoms with Gasteiger partial charge in [-0.25, -0.2) is 4.79 Å². The third kappa shape index (κ3) is 2.59. The molecular formula is C12H19NO2. The summed E-state index contributed by atoms with van der Waals surface area (Å²) in [7, 11) is 0. The molecule has 1 aliphatic carbocycles. The number of aliphatic carboxylic acids is 1. The standard InChI is InChI=1S/C12H19NO2/c1-9(5-12(14)15)6-13-7-10-3-2-4-11(10)8-13/h5,10-11H,2-4,6-8H2,1H3,(H,14,15)/b9-5+. The summed E-state index contributed by atoms with van der Waals surface area (Å²) in [5.74, 6) is 0.956. The van der Waals surface area contributed by atoms with Crippen molar-refractivity contribution in [1.82, 2.24) is 4.90 Å². The quantitative estimate of drug-likeness (QED) is 0.720. The van der Waals surface area contributed by atoms with E-state index in [1.54, 1.807) is 0 Å². The predicted molar refractivity (Wildman–Crippen MR) is 58.7 cm³/mol. The molecule has 2 unspecified atom stereocenters. The fourth-order valence-corrected chi connectivity index (χ4v) is 3.07.